The maximum absolute atomic E-state index is 13.2. The molecule has 3 aromatic carbocycles. The summed E-state index contributed by atoms with van der Waals surface area (Å²) in [6, 6.07) is 18.8. The average Bonchev–Trinajstić information content (AvgIpc) is 3.31. The van der Waals surface area contributed by atoms with Crippen molar-refractivity contribution in [1.82, 2.24) is 9.80 Å². The molecule has 5 nitrogen and oxygen atoms in total. The van der Waals surface area contributed by atoms with Gasteiger partial charge in [-0.1, -0.05) is 42.5 Å². The highest BCUT2D eigenvalue weighted by Crippen LogP contribution is 2.33. The normalized spacial score (nSPS) is 16.4. The predicted octanol–water partition coefficient (Wildman–Crippen LogP) is 5.99. The van der Waals surface area contributed by atoms with Crippen molar-refractivity contribution in [3.05, 3.63) is 100 Å². The van der Waals surface area contributed by atoms with Crippen molar-refractivity contribution in [2.45, 2.75) is 44.9 Å². The van der Waals surface area contributed by atoms with Crippen LogP contribution in [0, 0.1) is 6.92 Å². The summed E-state index contributed by atoms with van der Waals surface area (Å²) in [4.78, 5) is 29.9. The van der Waals surface area contributed by atoms with Gasteiger partial charge in [0.25, 0.3) is 5.91 Å². The first-order valence-corrected chi connectivity index (χ1v) is 12.8. The van der Waals surface area contributed by atoms with Gasteiger partial charge >= 0.3 is 6.18 Å². The first-order chi connectivity index (χ1) is 18.2. The molecule has 0 spiro atoms. The van der Waals surface area contributed by atoms with E-state index in [4.69, 9.17) is 0 Å². The van der Waals surface area contributed by atoms with Crippen molar-refractivity contribution in [2.75, 3.05) is 25.0 Å². The van der Waals surface area contributed by atoms with Crippen molar-refractivity contribution in [1.29, 1.82) is 0 Å². The highest BCUT2D eigenvalue weighted by atomic mass is 19.4. The van der Waals surface area contributed by atoms with Crippen LogP contribution in [0.4, 0.5) is 18.9 Å². The fourth-order valence-electron chi connectivity index (χ4n) is 5.34. The highest BCUT2D eigenvalue weighted by molar-refractivity contribution is 5.98. The van der Waals surface area contributed by atoms with Crippen molar-refractivity contribution in [3.63, 3.8) is 0 Å². The van der Waals surface area contributed by atoms with Crippen LogP contribution in [0.15, 0.2) is 66.7 Å². The molecule has 1 saturated heterocycles. The predicted molar refractivity (Wildman–Crippen MR) is 140 cm³/mol. The quantitative estimate of drug-likeness (QED) is 0.449. The van der Waals surface area contributed by atoms with Gasteiger partial charge in [0.15, 0.2) is 0 Å². The molecule has 1 fully saturated rings. The molecule has 8 heteroatoms. The smallest absolute Gasteiger partial charge is 0.339 e. The lowest BCUT2D eigenvalue weighted by atomic mass is 9.88. The van der Waals surface area contributed by atoms with Gasteiger partial charge in [0.2, 0.25) is 5.91 Å². The SMILES string of the molecule is Cc1ccc(C(=O)N2CCC(c3ccc(C(F)(F)F)cc3)CC2)cc1NC(=O)CN1Cc2ccccc2C1. The Morgan fingerprint density at radius 3 is 2.16 bits per heavy atom. The van der Waals surface area contributed by atoms with Crippen LogP contribution in [0.5, 0.6) is 0 Å². The van der Waals surface area contributed by atoms with E-state index in [0.717, 1.165) is 36.3 Å². The molecule has 5 rings (SSSR count). The van der Waals surface area contributed by atoms with Crippen molar-refractivity contribution < 1.29 is 22.8 Å². The molecule has 1 N–H and O–H groups in total. The van der Waals surface area contributed by atoms with Crippen LogP contribution in [-0.2, 0) is 24.1 Å². The number of benzene rings is 3. The number of hydrogen-bond acceptors (Lipinski definition) is 3. The van der Waals surface area contributed by atoms with Crippen LogP contribution in [0.25, 0.3) is 0 Å². The summed E-state index contributed by atoms with van der Waals surface area (Å²) in [6.07, 6.45) is -2.98. The third-order valence-corrected chi connectivity index (χ3v) is 7.52. The van der Waals surface area contributed by atoms with Crippen molar-refractivity contribution >= 4 is 17.5 Å². The Labute approximate surface area is 220 Å². The van der Waals surface area contributed by atoms with E-state index in [2.05, 4.69) is 22.3 Å². The summed E-state index contributed by atoms with van der Waals surface area (Å²) < 4.78 is 38.6. The van der Waals surface area contributed by atoms with Crippen LogP contribution in [0.3, 0.4) is 0 Å². The first kappa shape index (κ1) is 26.0. The third kappa shape index (κ3) is 5.75. The molecule has 0 bridgehead atoms. The second-order valence-electron chi connectivity index (χ2n) is 10.2. The third-order valence-electron chi connectivity index (χ3n) is 7.52. The largest absolute Gasteiger partial charge is 0.416 e. The molecule has 0 unspecified atom stereocenters. The van der Waals surface area contributed by atoms with E-state index in [9.17, 15) is 22.8 Å². The molecule has 38 heavy (non-hydrogen) atoms. The number of nitrogens with one attached hydrogen (secondary N) is 1. The Hall–Kier alpha value is -3.65. The van der Waals surface area contributed by atoms with E-state index in [-0.39, 0.29) is 24.3 Å². The van der Waals surface area contributed by atoms with Crippen molar-refractivity contribution in [2.24, 2.45) is 0 Å². The second kappa shape index (κ2) is 10.6. The van der Waals surface area contributed by atoms with E-state index >= 15 is 0 Å². The highest BCUT2D eigenvalue weighted by Gasteiger charge is 2.31. The van der Waals surface area contributed by atoms with E-state index in [1.165, 1.54) is 11.1 Å². The van der Waals surface area contributed by atoms with E-state index in [1.807, 2.05) is 25.1 Å². The lowest BCUT2D eigenvalue weighted by Crippen LogP contribution is -2.38. The van der Waals surface area contributed by atoms with E-state index < -0.39 is 11.7 Å². The summed E-state index contributed by atoms with van der Waals surface area (Å²) in [5.74, 6) is -0.116. The number of piperidine rings is 1. The Balaban J connectivity index is 1.17. The van der Waals surface area contributed by atoms with Gasteiger partial charge in [0, 0.05) is 37.4 Å². The monoisotopic (exact) mass is 521 g/mol. The molecule has 2 heterocycles. The molecule has 0 atom stereocenters. The molecule has 0 radical (unpaired) electrons. The molecular formula is C30H30F3N3O2. The van der Waals surface area contributed by atoms with Gasteiger partial charge in [-0.05, 0) is 72.2 Å². The molecule has 0 aliphatic carbocycles. The number of alkyl halides is 3. The topological polar surface area (TPSA) is 52.7 Å². The standard InChI is InChI=1S/C30H30F3N3O2/c1-20-6-7-23(16-27(20)34-28(37)19-35-17-24-4-2-3-5-25(24)18-35)29(38)36-14-12-22(13-15-36)21-8-10-26(11-9-21)30(31,32)33/h2-11,16,22H,12-15,17-19H2,1H3,(H,34,37). The van der Waals surface area contributed by atoms with Crippen molar-refractivity contribution in [3.8, 4) is 0 Å². The number of amides is 2. The number of aryl methyl sites for hydroxylation is 1. The zero-order chi connectivity index (χ0) is 26.9. The van der Waals surface area contributed by atoms with Crippen LogP contribution in [-0.4, -0.2) is 41.2 Å². The minimum atomic E-state index is -4.35. The van der Waals surface area contributed by atoms with E-state index in [0.29, 0.717) is 37.2 Å². The maximum atomic E-state index is 13.2. The van der Waals surface area contributed by atoms with Gasteiger partial charge in [-0.25, -0.2) is 0 Å². The summed E-state index contributed by atoms with van der Waals surface area (Å²) >= 11 is 0. The number of nitrogens with zero attached hydrogens (tertiary/aromatic N) is 2. The van der Waals surface area contributed by atoms with Crippen LogP contribution in [0.2, 0.25) is 0 Å². The molecule has 3 aromatic rings. The summed E-state index contributed by atoms with van der Waals surface area (Å²) in [5.41, 5.74) is 4.70. The number of anilines is 1. The number of halogens is 3. The number of fused-ring (bicyclic) bond motifs is 1. The Morgan fingerprint density at radius 2 is 1.55 bits per heavy atom. The fourth-order valence-corrected chi connectivity index (χ4v) is 5.34. The first-order valence-electron chi connectivity index (χ1n) is 12.8. The van der Waals surface area contributed by atoms with Crippen LogP contribution in [0.1, 0.15) is 56.9 Å². The zero-order valence-corrected chi connectivity index (χ0v) is 21.2. The average molecular weight is 522 g/mol. The summed E-state index contributed by atoms with van der Waals surface area (Å²) in [5, 5.41) is 2.97. The Morgan fingerprint density at radius 1 is 0.921 bits per heavy atom. The molecule has 2 aliphatic heterocycles. The van der Waals surface area contributed by atoms with Gasteiger partial charge in [-0.2, -0.15) is 13.2 Å². The Bertz CT molecular complexity index is 1300. The maximum Gasteiger partial charge on any atom is 0.416 e. The number of carbonyl (C=O) groups is 2. The minimum absolute atomic E-state index is 0.110. The van der Waals surface area contributed by atoms with Gasteiger partial charge in [-0.15, -0.1) is 0 Å². The minimum Gasteiger partial charge on any atom is -0.339 e. The second-order valence-corrected chi connectivity index (χ2v) is 10.2. The van der Waals surface area contributed by atoms with Gasteiger partial charge in [0.1, 0.15) is 0 Å². The van der Waals surface area contributed by atoms with Gasteiger partial charge in [0.05, 0.1) is 12.1 Å². The Kier molecular flexibility index (Phi) is 7.25. The number of rotatable bonds is 5. The molecule has 198 valence electrons. The lowest BCUT2D eigenvalue weighted by Gasteiger charge is -2.32. The number of hydrogen-bond donors (Lipinski definition) is 1. The lowest BCUT2D eigenvalue weighted by molar-refractivity contribution is -0.137. The zero-order valence-electron chi connectivity index (χ0n) is 21.2. The summed E-state index contributed by atoms with van der Waals surface area (Å²) in [7, 11) is 0. The van der Waals surface area contributed by atoms with Gasteiger partial charge in [-0.3, -0.25) is 14.5 Å². The van der Waals surface area contributed by atoms with Crippen LogP contribution >= 0.6 is 0 Å². The number of carbonyl (C=O) groups excluding carboxylic acids is 2. The van der Waals surface area contributed by atoms with Gasteiger partial charge < -0.3 is 10.2 Å². The molecule has 0 aromatic heterocycles. The summed E-state index contributed by atoms with van der Waals surface area (Å²) in [6.45, 7) is 4.69. The van der Waals surface area contributed by atoms with E-state index in [1.54, 1.807) is 29.2 Å². The molecular weight excluding hydrogens is 491 g/mol. The molecule has 2 amide bonds. The number of likely N-dealkylation sites (tertiary alicyclic amines) is 1. The molecule has 0 saturated carbocycles. The van der Waals surface area contributed by atoms with Crippen LogP contribution < -0.4 is 5.32 Å². The molecule has 2 aliphatic rings. The fraction of sp³-hybridized carbons (Fsp3) is 0.333.